The van der Waals surface area contributed by atoms with Crippen LogP contribution in [0.25, 0.3) is 0 Å². The number of ether oxygens (including phenoxy) is 1. The van der Waals surface area contributed by atoms with Gasteiger partial charge < -0.3 is 4.74 Å². The van der Waals surface area contributed by atoms with Crippen molar-refractivity contribution in [3.63, 3.8) is 0 Å². The molecule has 1 atom stereocenters. The first-order valence-electron chi connectivity index (χ1n) is 4.60. The van der Waals surface area contributed by atoms with E-state index in [2.05, 4.69) is 28.1 Å². The zero-order valence-electron chi connectivity index (χ0n) is 7.72. The third-order valence-corrected chi connectivity index (χ3v) is 3.38. The van der Waals surface area contributed by atoms with Crippen LogP contribution in [0.1, 0.15) is 17.5 Å². The molecule has 0 radical (unpaired) electrons. The highest BCUT2D eigenvalue weighted by molar-refractivity contribution is 9.09. The van der Waals surface area contributed by atoms with E-state index in [1.807, 2.05) is 6.07 Å². The first kappa shape index (κ1) is 9.07. The van der Waals surface area contributed by atoms with Crippen LogP contribution in [0.3, 0.4) is 0 Å². The third-order valence-electron chi connectivity index (χ3n) is 2.60. The molecule has 1 nitrogen and oxygen atoms in total. The lowest BCUT2D eigenvalue weighted by Crippen LogP contribution is -2.14. The van der Waals surface area contributed by atoms with Crippen molar-refractivity contribution in [1.82, 2.24) is 0 Å². The molecule has 0 N–H and O–H groups in total. The van der Waals surface area contributed by atoms with Crippen LogP contribution in [0.2, 0.25) is 0 Å². The summed E-state index contributed by atoms with van der Waals surface area (Å²) >= 11 is 3.67. The molecule has 13 heavy (non-hydrogen) atoms. The predicted octanol–water partition coefficient (Wildman–Crippen LogP) is 2.95. The van der Waals surface area contributed by atoms with Crippen molar-refractivity contribution in [3.8, 4) is 5.75 Å². The largest absolute Gasteiger partial charge is 0.496 e. The van der Waals surface area contributed by atoms with Gasteiger partial charge >= 0.3 is 0 Å². The van der Waals surface area contributed by atoms with E-state index in [1.54, 1.807) is 7.11 Å². The van der Waals surface area contributed by atoms with Gasteiger partial charge in [-0.3, -0.25) is 0 Å². The number of fused-ring (bicyclic) bond motifs is 1. The molecule has 2 heteroatoms. The van der Waals surface area contributed by atoms with Crippen molar-refractivity contribution in [2.75, 3.05) is 7.11 Å². The molecule has 1 aliphatic carbocycles. The van der Waals surface area contributed by atoms with Crippen LogP contribution < -0.4 is 4.74 Å². The molecule has 0 spiro atoms. The second kappa shape index (κ2) is 3.70. The smallest absolute Gasteiger partial charge is 0.122 e. The molecular weight excluding hydrogens is 228 g/mol. The summed E-state index contributed by atoms with van der Waals surface area (Å²) in [5.41, 5.74) is 2.84. The van der Waals surface area contributed by atoms with Crippen LogP contribution >= 0.6 is 15.9 Å². The minimum Gasteiger partial charge on any atom is -0.496 e. The first-order valence-corrected chi connectivity index (χ1v) is 5.51. The summed E-state index contributed by atoms with van der Waals surface area (Å²) in [4.78, 5) is 0.622. The normalized spacial score (nSPS) is 20.9. The SMILES string of the molecule is COc1cccc2c1CC(Br)CC2. The molecule has 0 aliphatic heterocycles. The maximum absolute atomic E-state index is 5.34. The molecule has 1 unspecified atom stereocenters. The highest BCUT2D eigenvalue weighted by atomic mass is 79.9. The Balaban J connectivity index is 2.41. The lowest BCUT2D eigenvalue weighted by atomic mass is 9.91. The number of benzene rings is 1. The molecule has 70 valence electrons. The first-order chi connectivity index (χ1) is 6.31. The standard InChI is InChI=1S/C11H13BrO/c1-13-11-4-2-3-8-5-6-9(12)7-10(8)11/h2-4,9H,5-7H2,1H3. The van der Waals surface area contributed by atoms with Gasteiger partial charge in [0.1, 0.15) is 5.75 Å². The molecule has 0 saturated heterocycles. The van der Waals surface area contributed by atoms with Gasteiger partial charge in [-0.25, -0.2) is 0 Å². The van der Waals surface area contributed by atoms with Crippen molar-refractivity contribution in [2.45, 2.75) is 24.1 Å². The maximum atomic E-state index is 5.34. The zero-order valence-corrected chi connectivity index (χ0v) is 9.30. The quantitative estimate of drug-likeness (QED) is 0.687. The Morgan fingerprint density at radius 1 is 1.46 bits per heavy atom. The van der Waals surface area contributed by atoms with Gasteiger partial charge in [0.25, 0.3) is 0 Å². The number of methoxy groups -OCH3 is 1. The molecule has 0 fully saturated rings. The minimum atomic E-state index is 0.622. The molecular formula is C11H13BrO. The fourth-order valence-corrected chi connectivity index (χ4v) is 2.46. The van der Waals surface area contributed by atoms with E-state index in [4.69, 9.17) is 4.74 Å². The molecule has 0 bridgehead atoms. The summed E-state index contributed by atoms with van der Waals surface area (Å²) < 4.78 is 5.34. The van der Waals surface area contributed by atoms with Crippen LogP contribution in [-0.2, 0) is 12.8 Å². The topological polar surface area (TPSA) is 9.23 Å². The number of aryl methyl sites for hydroxylation is 1. The summed E-state index contributed by atoms with van der Waals surface area (Å²) in [7, 11) is 1.74. The fourth-order valence-electron chi connectivity index (χ4n) is 1.90. The van der Waals surface area contributed by atoms with E-state index < -0.39 is 0 Å². The summed E-state index contributed by atoms with van der Waals surface area (Å²) in [5.74, 6) is 1.04. The van der Waals surface area contributed by atoms with Gasteiger partial charge in [-0.2, -0.15) is 0 Å². The number of halogens is 1. The van der Waals surface area contributed by atoms with E-state index in [0.717, 1.165) is 12.2 Å². The Kier molecular flexibility index (Phi) is 2.58. The fraction of sp³-hybridized carbons (Fsp3) is 0.455. The van der Waals surface area contributed by atoms with Gasteiger partial charge in [0.15, 0.2) is 0 Å². The number of alkyl halides is 1. The van der Waals surface area contributed by atoms with Crippen LogP contribution in [0.4, 0.5) is 0 Å². The van der Waals surface area contributed by atoms with E-state index in [0.29, 0.717) is 4.83 Å². The van der Waals surface area contributed by atoms with Crippen LogP contribution in [0.5, 0.6) is 5.75 Å². The average molecular weight is 241 g/mol. The van der Waals surface area contributed by atoms with E-state index >= 15 is 0 Å². The highest BCUT2D eigenvalue weighted by Crippen LogP contribution is 2.31. The summed E-state index contributed by atoms with van der Waals surface area (Å²) in [6.07, 6.45) is 3.50. The number of hydrogen-bond donors (Lipinski definition) is 0. The van der Waals surface area contributed by atoms with Crippen LogP contribution in [-0.4, -0.2) is 11.9 Å². The van der Waals surface area contributed by atoms with Crippen molar-refractivity contribution in [2.24, 2.45) is 0 Å². The average Bonchev–Trinajstić information content (AvgIpc) is 2.17. The zero-order chi connectivity index (χ0) is 9.26. The Morgan fingerprint density at radius 2 is 2.31 bits per heavy atom. The van der Waals surface area contributed by atoms with E-state index in [-0.39, 0.29) is 0 Å². The Morgan fingerprint density at radius 3 is 3.08 bits per heavy atom. The lowest BCUT2D eigenvalue weighted by molar-refractivity contribution is 0.407. The number of hydrogen-bond acceptors (Lipinski definition) is 1. The van der Waals surface area contributed by atoms with E-state index in [1.165, 1.54) is 24.0 Å². The maximum Gasteiger partial charge on any atom is 0.122 e. The van der Waals surface area contributed by atoms with Crippen molar-refractivity contribution in [3.05, 3.63) is 29.3 Å². The molecule has 0 aromatic heterocycles. The predicted molar refractivity (Wildman–Crippen MR) is 57.7 cm³/mol. The van der Waals surface area contributed by atoms with Gasteiger partial charge in [0.05, 0.1) is 7.11 Å². The molecule has 0 heterocycles. The van der Waals surface area contributed by atoms with Gasteiger partial charge in [0.2, 0.25) is 0 Å². The molecule has 1 aromatic rings. The number of rotatable bonds is 1. The Labute approximate surface area is 87.2 Å². The highest BCUT2D eigenvalue weighted by Gasteiger charge is 2.18. The second-order valence-corrected chi connectivity index (χ2v) is 4.73. The van der Waals surface area contributed by atoms with Crippen LogP contribution in [0.15, 0.2) is 18.2 Å². The minimum absolute atomic E-state index is 0.622. The lowest BCUT2D eigenvalue weighted by Gasteiger charge is -2.22. The second-order valence-electron chi connectivity index (χ2n) is 3.44. The third kappa shape index (κ3) is 1.73. The summed E-state index contributed by atoms with van der Waals surface area (Å²) in [5, 5.41) is 0. The monoisotopic (exact) mass is 240 g/mol. The molecule has 0 saturated carbocycles. The van der Waals surface area contributed by atoms with Gasteiger partial charge in [-0.05, 0) is 36.5 Å². The molecule has 1 aromatic carbocycles. The molecule has 0 amide bonds. The summed E-state index contributed by atoms with van der Waals surface area (Å²) in [6, 6.07) is 6.33. The molecule has 2 rings (SSSR count). The molecule has 1 aliphatic rings. The van der Waals surface area contributed by atoms with Crippen LogP contribution in [0, 0.1) is 0 Å². The van der Waals surface area contributed by atoms with Gasteiger partial charge in [0, 0.05) is 4.83 Å². The van der Waals surface area contributed by atoms with Gasteiger partial charge in [-0.1, -0.05) is 28.1 Å². The summed E-state index contributed by atoms with van der Waals surface area (Å²) in [6.45, 7) is 0. The van der Waals surface area contributed by atoms with Crippen molar-refractivity contribution < 1.29 is 4.74 Å². The van der Waals surface area contributed by atoms with Crippen molar-refractivity contribution in [1.29, 1.82) is 0 Å². The van der Waals surface area contributed by atoms with E-state index in [9.17, 15) is 0 Å². The van der Waals surface area contributed by atoms with Crippen molar-refractivity contribution >= 4 is 15.9 Å². The Hall–Kier alpha value is -0.500. The van der Waals surface area contributed by atoms with Gasteiger partial charge in [-0.15, -0.1) is 0 Å². The Bertz CT molecular complexity index is 295.